The number of aromatic nitrogens is 4. The molecular formula is C17H22N6O. The summed E-state index contributed by atoms with van der Waals surface area (Å²) in [4.78, 5) is 21.3. The van der Waals surface area contributed by atoms with Crippen LogP contribution in [0.2, 0.25) is 0 Å². The second-order valence-electron chi connectivity index (χ2n) is 6.36. The molecule has 2 aromatic heterocycles. The van der Waals surface area contributed by atoms with Gasteiger partial charge in [0.15, 0.2) is 5.82 Å². The fourth-order valence-corrected chi connectivity index (χ4v) is 3.48. The Morgan fingerprint density at radius 1 is 1.12 bits per heavy atom. The third kappa shape index (κ3) is 2.64. The molecule has 2 aromatic rings. The molecular weight excluding hydrogens is 304 g/mol. The number of nitrogens with zero attached hydrogens (tertiary/aromatic N) is 6. The van der Waals surface area contributed by atoms with E-state index in [9.17, 15) is 4.79 Å². The van der Waals surface area contributed by atoms with Gasteiger partial charge in [-0.05, 0) is 25.0 Å². The number of amides is 1. The molecule has 0 N–H and O–H groups in total. The van der Waals surface area contributed by atoms with E-state index >= 15 is 0 Å². The van der Waals surface area contributed by atoms with E-state index in [1.807, 2.05) is 17.0 Å². The largest absolute Gasteiger partial charge is 0.357 e. The van der Waals surface area contributed by atoms with Crippen LogP contribution in [0.15, 0.2) is 18.3 Å². The van der Waals surface area contributed by atoms with Crippen molar-refractivity contribution in [2.24, 2.45) is 0 Å². The smallest absolute Gasteiger partial charge is 0.255 e. The second-order valence-corrected chi connectivity index (χ2v) is 6.36. The van der Waals surface area contributed by atoms with Gasteiger partial charge in [0.05, 0.1) is 12.1 Å². The molecule has 0 spiro atoms. The van der Waals surface area contributed by atoms with Crippen LogP contribution in [0.5, 0.6) is 0 Å². The summed E-state index contributed by atoms with van der Waals surface area (Å²) in [7, 11) is 0. The average molecular weight is 326 g/mol. The lowest BCUT2D eigenvalue weighted by atomic mass is 10.2. The molecule has 0 aliphatic carbocycles. The summed E-state index contributed by atoms with van der Waals surface area (Å²) in [6, 6.07) is 3.85. The molecule has 1 fully saturated rings. The third-order valence-corrected chi connectivity index (χ3v) is 4.86. The molecule has 7 heteroatoms. The van der Waals surface area contributed by atoms with Crippen LogP contribution >= 0.6 is 0 Å². The van der Waals surface area contributed by atoms with Crippen molar-refractivity contribution in [2.75, 3.05) is 24.5 Å². The minimum absolute atomic E-state index is 0.0165. The van der Waals surface area contributed by atoms with Crippen LogP contribution in [-0.4, -0.2) is 50.2 Å². The lowest BCUT2D eigenvalue weighted by molar-refractivity contribution is 0.0706. The molecule has 126 valence electrons. The Morgan fingerprint density at radius 2 is 1.96 bits per heavy atom. The Morgan fingerprint density at radius 3 is 2.67 bits per heavy atom. The van der Waals surface area contributed by atoms with Crippen molar-refractivity contribution < 1.29 is 4.79 Å². The van der Waals surface area contributed by atoms with Gasteiger partial charge in [-0.1, -0.05) is 6.92 Å². The monoisotopic (exact) mass is 326 g/mol. The zero-order valence-corrected chi connectivity index (χ0v) is 14.0. The summed E-state index contributed by atoms with van der Waals surface area (Å²) in [5.74, 6) is 2.85. The number of anilines is 1. The Bertz CT molecular complexity index is 732. The van der Waals surface area contributed by atoms with Crippen LogP contribution in [0, 0.1) is 0 Å². The van der Waals surface area contributed by atoms with E-state index in [-0.39, 0.29) is 5.91 Å². The third-order valence-electron chi connectivity index (χ3n) is 4.86. The number of aryl methyl sites for hydroxylation is 1. The Kier molecular flexibility index (Phi) is 3.92. The molecule has 0 atom stereocenters. The van der Waals surface area contributed by atoms with Crippen molar-refractivity contribution in [3.63, 3.8) is 0 Å². The molecule has 2 aliphatic rings. The van der Waals surface area contributed by atoms with Crippen molar-refractivity contribution in [1.82, 2.24) is 24.6 Å². The van der Waals surface area contributed by atoms with Gasteiger partial charge < -0.3 is 14.4 Å². The van der Waals surface area contributed by atoms with E-state index < -0.39 is 0 Å². The highest BCUT2D eigenvalue weighted by molar-refractivity contribution is 5.94. The highest BCUT2D eigenvalue weighted by atomic mass is 16.2. The van der Waals surface area contributed by atoms with Crippen LogP contribution in [0.25, 0.3) is 0 Å². The van der Waals surface area contributed by atoms with E-state index in [1.165, 1.54) is 12.8 Å². The van der Waals surface area contributed by atoms with Crippen molar-refractivity contribution in [2.45, 2.75) is 39.3 Å². The van der Waals surface area contributed by atoms with E-state index in [4.69, 9.17) is 0 Å². The van der Waals surface area contributed by atoms with Crippen LogP contribution in [0.1, 0.15) is 41.8 Å². The Hall–Kier alpha value is -2.44. The van der Waals surface area contributed by atoms with Gasteiger partial charge in [-0.25, -0.2) is 4.98 Å². The highest BCUT2D eigenvalue weighted by Crippen LogP contribution is 2.19. The molecule has 0 radical (unpaired) electrons. The number of hydrogen-bond acceptors (Lipinski definition) is 5. The number of pyridine rings is 1. The first kappa shape index (κ1) is 15.1. The van der Waals surface area contributed by atoms with Gasteiger partial charge in [-0.3, -0.25) is 4.79 Å². The molecule has 4 rings (SSSR count). The topological polar surface area (TPSA) is 67.2 Å². The molecule has 0 aromatic carbocycles. The summed E-state index contributed by atoms with van der Waals surface area (Å²) in [5.41, 5.74) is 0.640. The quantitative estimate of drug-likeness (QED) is 0.855. The highest BCUT2D eigenvalue weighted by Gasteiger charge is 2.25. The molecule has 4 heterocycles. The van der Waals surface area contributed by atoms with Crippen molar-refractivity contribution in [3.05, 3.63) is 35.5 Å². The van der Waals surface area contributed by atoms with Gasteiger partial charge in [-0.15, -0.1) is 10.2 Å². The van der Waals surface area contributed by atoms with Crippen molar-refractivity contribution in [1.29, 1.82) is 0 Å². The van der Waals surface area contributed by atoms with Gasteiger partial charge >= 0.3 is 0 Å². The first-order valence-corrected chi connectivity index (χ1v) is 8.67. The maximum atomic E-state index is 12.7. The molecule has 7 nitrogen and oxygen atoms in total. The molecule has 1 amide bonds. The van der Waals surface area contributed by atoms with Gasteiger partial charge in [0.2, 0.25) is 0 Å². The maximum Gasteiger partial charge on any atom is 0.255 e. The fourth-order valence-electron chi connectivity index (χ4n) is 3.48. The van der Waals surface area contributed by atoms with Crippen LogP contribution < -0.4 is 4.90 Å². The number of hydrogen-bond donors (Lipinski definition) is 0. The number of rotatable bonds is 3. The van der Waals surface area contributed by atoms with E-state index in [1.54, 1.807) is 6.20 Å². The second kappa shape index (κ2) is 6.22. The molecule has 0 unspecified atom stereocenters. The number of fused-ring (bicyclic) bond motifs is 1. The summed E-state index contributed by atoms with van der Waals surface area (Å²) >= 11 is 0. The zero-order valence-electron chi connectivity index (χ0n) is 14.0. The van der Waals surface area contributed by atoms with Gasteiger partial charge in [0.1, 0.15) is 11.6 Å². The first-order valence-electron chi connectivity index (χ1n) is 8.67. The Labute approximate surface area is 141 Å². The van der Waals surface area contributed by atoms with E-state index in [2.05, 4.69) is 31.6 Å². The minimum Gasteiger partial charge on any atom is -0.357 e. The van der Waals surface area contributed by atoms with Gasteiger partial charge in [-0.2, -0.15) is 0 Å². The lowest BCUT2D eigenvalue weighted by Gasteiger charge is -2.28. The van der Waals surface area contributed by atoms with Gasteiger partial charge in [0, 0.05) is 38.8 Å². The van der Waals surface area contributed by atoms with Crippen LogP contribution in [0.4, 0.5) is 5.82 Å². The molecule has 2 aliphatic heterocycles. The standard InChI is InChI=1S/C17H22N6O/c1-2-14-19-20-16-12-22(9-10-23(14)16)17(24)13-5-6-15(18-11-13)21-7-3-4-8-21/h5-6,11H,2-4,7-10,12H2,1H3. The minimum atomic E-state index is 0.0165. The molecule has 0 bridgehead atoms. The first-order chi connectivity index (χ1) is 11.8. The van der Waals surface area contributed by atoms with E-state index in [0.717, 1.165) is 43.5 Å². The summed E-state index contributed by atoms with van der Waals surface area (Å²) in [6.07, 6.45) is 5.00. The summed E-state index contributed by atoms with van der Waals surface area (Å²) < 4.78 is 2.12. The molecule has 24 heavy (non-hydrogen) atoms. The number of carbonyl (C=O) groups is 1. The predicted octanol–water partition coefficient (Wildman–Crippen LogP) is 1.49. The maximum absolute atomic E-state index is 12.7. The van der Waals surface area contributed by atoms with Gasteiger partial charge in [0.25, 0.3) is 5.91 Å². The summed E-state index contributed by atoms with van der Waals surface area (Å²) in [6.45, 7) is 6.15. The SMILES string of the molecule is CCc1nnc2n1CCN(C(=O)c1ccc(N3CCCC3)nc1)C2. The van der Waals surface area contributed by atoms with Crippen LogP contribution in [-0.2, 0) is 19.5 Å². The zero-order chi connectivity index (χ0) is 16.5. The summed E-state index contributed by atoms with van der Waals surface area (Å²) in [5, 5.41) is 8.41. The molecule has 0 saturated carbocycles. The lowest BCUT2D eigenvalue weighted by Crippen LogP contribution is -2.38. The number of carbonyl (C=O) groups excluding carboxylic acids is 1. The van der Waals surface area contributed by atoms with Crippen molar-refractivity contribution >= 4 is 11.7 Å². The predicted molar refractivity (Wildman–Crippen MR) is 89.8 cm³/mol. The fraction of sp³-hybridized carbons (Fsp3) is 0.529. The van der Waals surface area contributed by atoms with E-state index in [0.29, 0.717) is 18.7 Å². The van der Waals surface area contributed by atoms with Crippen LogP contribution in [0.3, 0.4) is 0 Å². The van der Waals surface area contributed by atoms with Crippen molar-refractivity contribution in [3.8, 4) is 0 Å². The Balaban J connectivity index is 1.47. The average Bonchev–Trinajstić information content (AvgIpc) is 3.30. The molecule has 1 saturated heterocycles. The normalized spacial score (nSPS) is 17.2.